The monoisotopic (exact) mass is 453 g/mol. The van der Waals surface area contributed by atoms with Gasteiger partial charge >= 0.3 is 0 Å². The number of aliphatic imine (C=N–C) groups is 1. The SMILES string of the molecule is C=CCCCN(C)C(=NC)NCCNc1ccc2ccccc2n1.I. The Kier molecular flexibility index (Phi) is 9.91. The average Bonchev–Trinajstić information content (AvgIpc) is 2.61. The topological polar surface area (TPSA) is 52.5 Å². The first kappa shape index (κ1) is 21.2. The van der Waals surface area contributed by atoms with E-state index in [4.69, 9.17) is 0 Å². The molecule has 0 spiro atoms. The Labute approximate surface area is 167 Å². The van der Waals surface area contributed by atoms with Gasteiger partial charge in [-0.1, -0.05) is 24.3 Å². The van der Waals surface area contributed by atoms with E-state index in [9.17, 15) is 0 Å². The van der Waals surface area contributed by atoms with E-state index in [1.165, 1.54) is 0 Å². The number of para-hydroxylation sites is 1. The van der Waals surface area contributed by atoms with Crippen LogP contribution in [-0.2, 0) is 0 Å². The summed E-state index contributed by atoms with van der Waals surface area (Å²) in [6.45, 7) is 6.28. The fraction of sp³-hybridized carbons (Fsp3) is 0.368. The summed E-state index contributed by atoms with van der Waals surface area (Å²) in [6, 6.07) is 12.2. The van der Waals surface area contributed by atoms with E-state index >= 15 is 0 Å². The van der Waals surface area contributed by atoms with Crippen LogP contribution in [0.15, 0.2) is 54.0 Å². The van der Waals surface area contributed by atoms with Gasteiger partial charge in [-0.15, -0.1) is 30.6 Å². The Bertz CT molecular complexity index is 686. The Morgan fingerprint density at radius 3 is 2.80 bits per heavy atom. The maximum absolute atomic E-state index is 4.61. The molecule has 2 rings (SSSR count). The lowest BCUT2D eigenvalue weighted by Gasteiger charge is -2.22. The van der Waals surface area contributed by atoms with E-state index in [0.29, 0.717) is 0 Å². The molecular formula is C19H28IN5. The number of unbranched alkanes of at least 4 members (excludes halogenated alkanes) is 1. The molecule has 0 aliphatic carbocycles. The van der Waals surface area contributed by atoms with Crippen molar-refractivity contribution < 1.29 is 0 Å². The van der Waals surface area contributed by atoms with Crippen LogP contribution >= 0.6 is 24.0 Å². The zero-order chi connectivity index (χ0) is 17.2. The largest absolute Gasteiger partial charge is 0.368 e. The van der Waals surface area contributed by atoms with Crippen molar-refractivity contribution in [2.24, 2.45) is 4.99 Å². The van der Waals surface area contributed by atoms with Crippen LogP contribution < -0.4 is 10.6 Å². The first-order valence-electron chi connectivity index (χ1n) is 8.37. The highest BCUT2D eigenvalue weighted by Gasteiger charge is 2.04. The average molecular weight is 453 g/mol. The summed E-state index contributed by atoms with van der Waals surface area (Å²) < 4.78 is 0. The van der Waals surface area contributed by atoms with Crippen molar-refractivity contribution >= 4 is 46.7 Å². The third-order valence-electron chi connectivity index (χ3n) is 3.79. The molecule has 6 heteroatoms. The lowest BCUT2D eigenvalue weighted by molar-refractivity contribution is 0.471. The van der Waals surface area contributed by atoms with Gasteiger partial charge in [-0.3, -0.25) is 4.99 Å². The van der Waals surface area contributed by atoms with Crippen molar-refractivity contribution in [3.63, 3.8) is 0 Å². The summed E-state index contributed by atoms with van der Waals surface area (Å²) in [6.07, 6.45) is 4.06. The van der Waals surface area contributed by atoms with Crippen molar-refractivity contribution in [1.82, 2.24) is 15.2 Å². The minimum Gasteiger partial charge on any atom is -0.368 e. The molecule has 1 aromatic carbocycles. The number of hydrogen-bond donors (Lipinski definition) is 2. The Hall–Kier alpha value is -1.83. The van der Waals surface area contributed by atoms with Gasteiger partial charge in [-0.05, 0) is 31.0 Å². The van der Waals surface area contributed by atoms with Gasteiger partial charge in [-0.2, -0.15) is 0 Å². The molecule has 0 radical (unpaired) electrons. The fourth-order valence-corrected chi connectivity index (χ4v) is 2.49. The molecule has 0 saturated carbocycles. The van der Waals surface area contributed by atoms with Gasteiger partial charge in [-0.25, -0.2) is 4.98 Å². The van der Waals surface area contributed by atoms with Crippen LogP contribution in [0.4, 0.5) is 5.82 Å². The molecule has 0 aliphatic rings. The number of pyridine rings is 1. The molecule has 136 valence electrons. The second-order valence-electron chi connectivity index (χ2n) is 5.64. The van der Waals surface area contributed by atoms with Crippen LogP contribution in [-0.4, -0.2) is 49.6 Å². The standard InChI is InChI=1S/C19H27N5.HI/c1-4-5-8-15-24(3)19(20-2)22-14-13-21-18-12-11-16-9-6-7-10-17(16)23-18;/h4,6-7,9-12H,1,5,8,13-15H2,2-3H3,(H,20,22)(H,21,23);1H. The molecule has 0 saturated heterocycles. The van der Waals surface area contributed by atoms with Crippen LogP contribution in [0.25, 0.3) is 10.9 Å². The summed E-state index contributed by atoms with van der Waals surface area (Å²) in [5, 5.41) is 7.87. The first-order chi connectivity index (χ1) is 11.7. The van der Waals surface area contributed by atoms with E-state index in [1.54, 1.807) is 0 Å². The zero-order valence-corrected chi connectivity index (χ0v) is 17.4. The number of halogens is 1. The smallest absolute Gasteiger partial charge is 0.193 e. The second-order valence-corrected chi connectivity index (χ2v) is 5.64. The highest BCUT2D eigenvalue weighted by molar-refractivity contribution is 14.0. The van der Waals surface area contributed by atoms with Crippen molar-refractivity contribution in [3.05, 3.63) is 49.1 Å². The summed E-state index contributed by atoms with van der Waals surface area (Å²) in [4.78, 5) is 11.1. The van der Waals surface area contributed by atoms with Gasteiger partial charge in [0.1, 0.15) is 5.82 Å². The number of benzene rings is 1. The molecule has 25 heavy (non-hydrogen) atoms. The molecule has 0 unspecified atom stereocenters. The van der Waals surface area contributed by atoms with Crippen LogP contribution in [0.2, 0.25) is 0 Å². The number of anilines is 1. The summed E-state index contributed by atoms with van der Waals surface area (Å²) >= 11 is 0. The van der Waals surface area contributed by atoms with Gasteiger partial charge in [0.25, 0.3) is 0 Å². The van der Waals surface area contributed by atoms with Crippen LogP contribution in [0.5, 0.6) is 0 Å². The highest BCUT2D eigenvalue weighted by Crippen LogP contribution is 2.14. The normalized spacial score (nSPS) is 10.9. The van der Waals surface area contributed by atoms with Gasteiger partial charge in [0.15, 0.2) is 5.96 Å². The molecular weight excluding hydrogens is 425 g/mol. The number of rotatable bonds is 8. The van der Waals surface area contributed by atoms with E-state index in [-0.39, 0.29) is 24.0 Å². The minimum absolute atomic E-state index is 0. The van der Waals surface area contributed by atoms with Gasteiger partial charge in [0.05, 0.1) is 5.52 Å². The maximum Gasteiger partial charge on any atom is 0.193 e. The van der Waals surface area contributed by atoms with Crippen molar-refractivity contribution in [2.75, 3.05) is 39.0 Å². The molecule has 5 nitrogen and oxygen atoms in total. The number of nitrogens with zero attached hydrogens (tertiary/aromatic N) is 3. The first-order valence-corrected chi connectivity index (χ1v) is 8.37. The zero-order valence-electron chi connectivity index (χ0n) is 15.0. The lowest BCUT2D eigenvalue weighted by atomic mass is 10.2. The van der Waals surface area contributed by atoms with E-state index in [1.807, 2.05) is 37.4 Å². The Morgan fingerprint density at radius 1 is 1.24 bits per heavy atom. The maximum atomic E-state index is 4.61. The van der Waals surface area contributed by atoms with Gasteiger partial charge in [0, 0.05) is 39.1 Å². The molecule has 0 atom stereocenters. The quantitative estimate of drug-likeness (QED) is 0.210. The molecule has 1 heterocycles. The molecule has 0 fully saturated rings. The molecule has 2 N–H and O–H groups in total. The lowest BCUT2D eigenvalue weighted by Crippen LogP contribution is -2.41. The molecule has 0 bridgehead atoms. The minimum atomic E-state index is 0. The molecule has 0 aliphatic heterocycles. The van der Waals surface area contributed by atoms with Crippen LogP contribution in [0.3, 0.4) is 0 Å². The number of aromatic nitrogens is 1. The second kappa shape index (κ2) is 11.7. The third-order valence-corrected chi connectivity index (χ3v) is 3.79. The number of allylic oxidation sites excluding steroid dienone is 1. The van der Waals surface area contributed by atoms with Gasteiger partial charge < -0.3 is 15.5 Å². The summed E-state index contributed by atoms with van der Waals surface area (Å²) in [5.41, 5.74) is 1.01. The van der Waals surface area contributed by atoms with E-state index < -0.39 is 0 Å². The molecule has 0 amide bonds. The molecule has 1 aromatic heterocycles. The van der Waals surface area contributed by atoms with Gasteiger partial charge in [0.2, 0.25) is 0 Å². The fourth-order valence-electron chi connectivity index (χ4n) is 2.49. The highest BCUT2D eigenvalue weighted by atomic mass is 127. The predicted octanol–water partition coefficient (Wildman–Crippen LogP) is 3.74. The number of hydrogen-bond acceptors (Lipinski definition) is 3. The Balaban J connectivity index is 0.00000312. The molecule has 2 aromatic rings. The predicted molar refractivity (Wildman–Crippen MR) is 119 cm³/mol. The summed E-state index contributed by atoms with van der Waals surface area (Å²) in [5.74, 6) is 1.80. The number of fused-ring (bicyclic) bond motifs is 1. The number of guanidine groups is 1. The number of nitrogens with one attached hydrogen (secondary N) is 2. The Morgan fingerprint density at radius 2 is 2.04 bits per heavy atom. The van der Waals surface area contributed by atoms with Crippen molar-refractivity contribution in [3.8, 4) is 0 Å². The van der Waals surface area contributed by atoms with E-state index in [2.05, 4.69) is 51.3 Å². The third kappa shape index (κ3) is 6.89. The van der Waals surface area contributed by atoms with Crippen LogP contribution in [0.1, 0.15) is 12.8 Å². The van der Waals surface area contributed by atoms with Crippen molar-refractivity contribution in [2.45, 2.75) is 12.8 Å². The van der Waals surface area contributed by atoms with Crippen molar-refractivity contribution in [1.29, 1.82) is 0 Å². The summed E-state index contributed by atoms with van der Waals surface area (Å²) in [7, 11) is 3.86. The van der Waals surface area contributed by atoms with E-state index in [0.717, 1.165) is 55.2 Å². The van der Waals surface area contributed by atoms with Crippen LogP contribution in [0, 0.1) is 0 Å².